The first-order valence-electron chi connectivity index (χ1n) is 7.75. The second-order valence-corrected chi connectivity index (χ2v) is 5.82. The highest BCUT2D eigenvalue weighted by Crippen LogP contribution is 2.24. The number of benzene rings is 1. The summed E-state index contributed by atoms with van der Waals surface area (Å²) in [5.74, 6) is 1.70. The zero-order valence-corrected chi connectivity index (χ0v) is 12.4. The van der Waals surface area contributed by atoms with Gasteiger partial charge in [0.2, 0.25) is 5.91 Å². The molecule has 1 amide bonds. The standard InChI is InChI=1S/C17H18N4O/c22-17-6-3-8-21(17)16-11-18-15(10-19-16)20-9-7-13-4-1-2-5-14(13)12-20/h1-2,4-5,10-11H,3,6-9,12H2. The van der Waals surface area contributed by atoms with E-state index in [-0.39, 0.29) is 5.91 Å². The van der Waals surface area contributed by atoms with Crippen molar-refractivity contribution in [2.45, 2.75) is 25.8 Å². The van der Waals surface area contributed by atoms with Crippen LogP contribution in [0.1, 0.15) is 24.0 Å². The molecule has 0 saturated carbocycles. The maximum atomic E-state index is 11.7. The lowest BCUT2D eigenvalue weighted by molar-refractivity contribution is -0.117. The van der Waals surface area contributed by atoms with Crippen LogP contribution in [0.25, 0.3) is 0 Å². The van der Waals surface area contributed by atoms with Crippen molar-refractivity contribution in [3.05, 3.63) is 47.8 Å². The van der Waals surface area contributed by atoms with Crippen molar-refractivity contribution >= 4 is 17.5 Å². The summed E-state index contributed by atoms with van der Waals surface area (Å²) in [6.45, 7) is 2.57. The third-order valence-electron chi connectivity index (χ3n) is 4.43. The fourth-order valence-electron chi connectivity index (χ4n) is 3.20. The van der Waals surface area contributed by atoms with Crippen LogP contribution in [-0.4, -0.2) is 29.0 Å². The molecular weight excluding hydrogens is 276 g/mol. The number of nitrogens with zero attached hydrogens (tertiary/aromatic N) is 4. The average Bonchev–Trinajstić information content (AvgIpc) is 3.01. The number of hydrogen-bond donors (Lipinski definition) is 0. The van der Waals surface area contributed by atoms with Gasteiger partial charge in [-0.25, -0.2) is 9.97 Å². The summed E-state index contributed by atoms with van der Waals surface area (Å²) in [7, 11) is 0. The molecule has 5 nitrogen and oxygen atoms in total. The molecule has 0 aliphatic carbocycles. The van der Waals surface area contributed by atoms with Gasteiger partial charge >= 0.3 is 0 Å². The van der Waals surface area contributed by atoms with Crippen LogP contribution < -0.4 is 9.80 Å². The van der Waals surface area contributed by atoms with Crippen LogP contribution in [0, 0.1) is 0 Å². The molecule has 1 aromatic carbocycles. The molecule has 1 fully saturated rings. The minimum Gasteiger partial charge on any atom is -0.351 e. The molecule has 1 saturated heterocycles. The molecule has 22 heavy (non-hydrogen) atoms. The van der Waals surface area contributed by atoms with Crippen molar-refractivity contribution in [1.82, 2.24) is 9.97 Å². The molecule has 0 spiro atoms. The van der Waals surface area contributed by atoms with Gasteiger partial charge < -0.3 is 4.90 Å². The Morgan fingerprint density at radius 3 is 2.41 bits per heavy atom. The van der Waals surface area contributed by atoms with Crippen molar-refractivity contribution in [1.29, 1.82) is 0 Å². The summed E-state index contributed by atoms with van der Waals surface area (Å²) in [6.07, 6.45) is 6.07. The number of fused-ring (bicyclic) bond motifs is 1. The van der Waals surface area contributed by atoms with Gasteiger partial charge in [-0.2, -0.15) is 0 Å². The number of anilines is 2. The summed E-state index contributed by atoms with van der Waals surface area (Å²) < 4.78 is 0. The van der Waals surface area contributed by atoms with Crippen molar-refractivity contribution in [2.24, 2.45) is 0 Å². The molecule has 0 bridgehead atoms. The summed E-state index contributed by atoms with van der Waals surface area (Å²) in [4.78, 5) is 24.7. The second-order valence-electron chi connectivity index (χ2n) is 5.82. The molecule has 3 heterocycles. The van der Waals surface area contributed by atoms with Gasteiger partial charge in [-0.1, -0.05) is 24.3 Å². The Morgan fingerprint density at radius 1 is 0.909 bits per heavy atom. The van der Waals surface area contributed by atoms with Gasteiger partial charge in [-0.15, -0.1) is 0 Å². The molecule has 2 aliphatic rings. The third-order valence-corrected chi connectivity index (χ3v) is 4.43. The maximum absolute atomic E-state index is 11.7. The van der Waals surface area contributed by atoms with Crippen LogP contribution >= 0.6 is 0 Å². The number of amides is 1. The molecule has 0 unspecified atom stereocenters. The smallest absolute Gasteiger partial charge is 0.228 e. The van der Waals surface area contributed by atoms with E-state index in [1.54, 1.807) is 17.3 Å². The van der Waals surface area contributed by atoms with Gasteiger partial charge in [0.25, 0.3) is 0 Å². The highest BCUT2D eigenvalue weighted by atomic mass is 16.2. The molecule has 0 N–H and O–H groups in total. The van der Waals surface area contributed by atoms with Gasteiger partial charge in [0.1, 0.15) is 5.82 Å². The first-order chi connectivity index (χ1) is 10.8. The molecule has 0 radical (unpaired) electrons. The fourth-order valence-corrected chi connectivity index (χ4v) is 3.20. The molecule has 2 aliphatic heterocycles. The molecule has 0 atom stereocenters. The maximum Gasteiger partial charge on any atom is 0.228 e. The van der Waals surface area contributed by atoms with Crippen molar-refractivity contribution in [3.8, 4) is 0 Å². The Bertz CT molecular complexity index is 698. The Morgan fingerprint density at radius 2 is 1.68 bits per heavy atom. The molecule has 4 rings (SSSR count). The second kappa shape index (κ2) is 5.40. The fraction of sp³-hybridized carbons (Fsp3) is 0.353. The first kappa shape index (κ1) is 13.2. The Labute approximate surface area is 129 Å². The van der Waals surface area contributed by atoms with E-state index in [0.29, 0.717) is 12.2 Å². The van der Waals surface area contributed by atoms with E-state index in [0.717, 1.165) is 38.3 Å². The minimum absolute atomic E-state index is 0.147. The first-order valence-corrected chi connectivity index (χ1v) is 7.75. The Hall–Kier alpha value is -2.43. The van der Waals surface area contributed by atoms with Crippen molar-refractivity contribution < 1.29 is 4.79 Å². The van der Waals surface area contributed by atoms with Crippen LogP contribution in [0.3, 0.4) is 0 Å². The number of hydrogen-bond acceptors (Lipinski definition) is 4. The van der Waals surface area contributed by atoms with Crippen LogP contribution in [0.5, 0.6) is 0 Å². The minimum atomic E-state index is 0.147. The number of rotatable bonds is 2. The molecule has 2 aromatic rings. The van der Waals surface area contributed by atoms with Crippen LogP contribution in [0.15, 0.2) is 36.7 Å². The summed E-state index contributed by atoms with van der Waals surface area (Å²) in [6, 6.07) is 8.54. The van der Waals surface area contributed by atoms with Crippen LogP contribution in [-0.2, 0) is 17.8 Å². The number of carbonyl (C=O) groups excluding carboxylic acids is 1. The number of aromatic nitrogens is 2. The normalized spacial score (nSPS) is 17.7. The van der Waals surface area contributed by atoms with E-state index in [2.05, 4.69) is 39.1 Å². The van der Waals surface area contributed by atoms with E-state index < -0.39 is 0 Å². The topological polar surface area (TPSA) is 49.3 Å². The molecule has 112 valence electrons. The Kier molecular flexibility index (Phi) is 3.25. The van der Waals surface area contributed by atoms with E-state index in [1.807, 2.05) is 0 Å². The highest BCUT2D eigenvalue weighted by molar-refractivity contribution is 5.94. The quantitative estimate of drug-likeness (QED) is 0.851. The van der Waals surface area contributed by atoms with Crippen molar-refractivity contribution in [2.75, 3.05) is 22.9 Å². The lowest BCUT2D eigenvalue weighted by Crippen LogP contribution is -2.31. The monoisotopic (exact) mass is 294 g/mol. The predicted molar refractivity (Wildman–Crippen MR) is 84.8 cm³/mol. The highest BCUT2D eigenvalue weighted by Gasteiger charge is 2.23. The van der Waals surface area contributed by atoms with Crippen LogP contribution in [0.4, 0.5) is 11.6 Å². The predicted octanol–water partition coefficient (Wildman–Crippen LogP) is 2.17. The molecule has 5 heteroatoms. The summed E-state index contributed by atoms with van der Waals surface area (Å²) >= 11 is 0. The van der Waals surface area contributed by atoms with Gasteiger partial charge in [0.05, 0.1) is 12.4 Å². The molecular formula is C17H18N4O. The van der Waals surface area contributed by atoms with Crippen molar-refractivity contribution in [3.63, 3.8) is 0 Å². The van der Waals surface area contributed by atoms with E-state index >= 15 is 0 Å². The van der Waals surface area contributed by atoms with E-state index in [1.165, 1.54) is 11.1 Å². The van der Waals surface area contributed by atoms with E-state index in [4.69, 9.17) is 0 Å². The van der Waals surface area contributed by atoms with Gasteiger partial charge in [-0.05, 0) is 24.0 Å². The summed E-state index contributed by atoms with van der Waals surface area (Å²) in [5.41, 5.74) is 2.78. The SMILES string of the molecule is O=C1CCCN1c1cnc(N2CCc3ccccc3C2)cn1. The largest absolute Gasteiger partial charge is 0.351 e. The van der Waals surface area contributed by atoms with Crippen LogP contribution in [0.2, 0.25) is 0 Å². The lowest BCUT2D eigenvalue weighted by atomic mass is 10.0. The zero-order chi connectivity index (χ0) is 14.9. The average molecular weight is 294 g/mol. The van der Waals surface area contributed by atoms with Gasteiger partial charge in [0, 0.05) is 26.1 Å². The summed E-state index contributed by atoms with van der Waals surface area (Å²) in [5, 5.41) is 0. The van der Waals surface area contributed by atoms with Gasteiger partial charge in [-0.3, -0.25) is 9.69 Å². The zero-order valence-electron chi connectivity index (χ0n) is 12.4. The van der Waals surface area contributed by atoms with Gasteiger partial charge in [0.15, 0.2) is 5.82 Å². The third kappa shape index (κ3) is 2.32. The lowest BCUT2D eigenvalue weighted by Gasteiger charge is -2.29. The Balaban J connectivity index is 1.53. The molecule has 1 aromatic heterocycles. The van der Waals surface area contributed by atoms with E-state index in [9.17, 15) is 4.79 Å². The number of carbonyl (C=O) groups is 1.